The van der Waals surface area contributed by atoms with E-state index in [-0.39, 0.29) is 23.4 Å². The molecule has 6 heteroatoms. The molecule has 158 valence electrons. The molecule has 0 aliphatic heterocycles. The molecule has 2 aromatic heterocycles. The molecular formula is C24H27FN2O3. The third-order valence-corrected chi connectivity index (χ3v) is 6.13. The fraction of sp³-hybridized carbons (Fsp3) is 0.417. The summed E-state index contributed by atoms with van der Waals surface area (Å²) in [7, 11) is 0. The molecule has 1 saturated carbocycles. The van der Waals surface area contributed by atoms with E-state index in [1.165, 1.54) is 6.07 Å². The van der Waals surface area contributed by atoms with E-state index in [1.807, 2.05) is 26.8 Å². The lowest BCUT2D eigenvalue weighted by atomic mass is 9.77. The van der Waals surface area contributed by atoms with Gasteiger partial charge in [0.15, 0.2) is 0 Å². The largest absolute Gasteiger partial charge is 0.464 e. The number of fused-ring (bicyclic) bond motifs is 1. The van der Waals surface area contributed by atoms with Crippen molar-refractivity contribution < 1.29 is 18.7 Å². The normalized spacial score (nSPS) is 19.8. The second-order valence-electron chi connectivity index (χ2n) is 8.81. The SMILES string of the molecule is Cc1cc2occc2c(-c2ccc(C(=O)NC3CCC(C(C)(C)O)CC3)cc2F)n1. The van der Waals surface area contributed by atoms with E-state index in [1.54, 1.807) is 24.5 Å². The van der Waals surface area contributed by atoms with Crippen molar-refractivity contribution >= 4 is 16.9 Å². The van der Waals surface area contributed by atoms with E-state index in [2.05, 4.69) is 10.3 Å². The fourth-order valence-electron chi connectivity index (χ4n) is 4.35. The second-order valence-corrected chi connectivity index (χ2v) is 8.81. The van der Waals surface area contributed by atoms with E-state index in [0.717, 1.165) is 36.8 Å². The molecule has 1 amide bonds. The van der Waals surface area contributed by atoms with Crippen LogP contribution in [0.1, 0.15) is 55.6 Å². The lowest BCUT2D eigenvalue weighted by Crippen LogP contribution is -2.41. The summed E-state index contributed by atoms with van der Waals surface area (Å²) in [6.45, 7) is 5.50. The first-order valence-electron chi connectivity index (χ1n) is 10.4. The van der Waals surface area contributed by atoms with Crippen molar-refractivity contribution in [3.8, 4) is 11.3 Å². The third-order valence-electron chi connectivity index (χ3n) is 6.13. The molecule has 1 aliphatic rings. The number of hydrogen-bond donors (Lipinski definition) is 2. The number of halogens is 1. The lowest BCUT2D eigenvalue weighted by Gasteiger charge is -2.36. The Morgan fingerprint density at radius 3 is 2.60 bits per heavy atom. The van der Waals surface area contributed by atoms with Gasteiger partial charge in [-0.05, 0) is 76.6 Å². The van der Waals surface area contributed by atoms with Crippen molar-refractivity contribution in [3.63, 3.8) is 0 Å². The van der Waals surface area contributed by atoms with Gasteiger partial charge in [0.05, 0.1) is 17.6 Å². The number of rotatable bonds is 4. The number of aliphatic hydroxyl groups is 1. The van der Waals surface area contributed by atoms with Crippen LogP contribution >= 0.6 is 0 Å². The summed E-state index contributed by atoms with van der Waals surface area (Å²) >= 11 is 0. The Morgan fingerprint density at radius 2 is 1.93 bits per heavy atom. The number of nitrogens with one attached hydrogen (secondary N) is 1. The summed E-state index contributed by atoms with van der Waals surface area (Å²) in [6, 6.07) is 8.12. The highest BCUT2D eigenvalue weighted by Gasteiger charge is 2.31. The van der Waals surface area contributed by atoms with Crippen LogP contribution in [0.2, 0.25) is 0 Å². The molecule has 0 radical (unpaired) electrons. The van der Waals surface area contributed by atoms with E-state index >= 15 is 0 Å². The van der Waals surface area contributed by atoms with Crippen molar-refractivity contribution in [2.75, 3.05) is 0 Å². The average Bonchev–Trinajstić information content (AvgIpc) is 3.15. The highest BCUT2D eigenvalue weighted by Crippen LogP contribution is 2.33. The van der Waals surface area contributed by atoms with Crippen LogP contribution in [0.5, 0.6) is 0 Å². The molecule has 5 nitrogen and oxygen atoms in total. The number of carbonyl (C=O) groups is 1. The molecule has 0 atom stereocenters. The summed E-state index contributed by atoms with van der Waals surface area (Å²) in [5, 5.41) is 13.9. The fourth-order valence-corrected chi connectivity index (χ4v) is 4.35. The van der Waals surface area contributed by atoms with Crippen molar-refractivity contribution in [1.29, 1.82) is 0 Å². The number of amides is 1. The summed E-state index contributed by atoms with van der Waals surface area (Å²) in [6.07, 6.45) is 4.91. The molecule has 0 bridgehead atoms. The number of pyridine rings is 1. The van der Waals surface area contributed by atoms with Gasteiger partial charge in [0.25, 0.3) is 5.91 Å². The van der Waals surface area contributed by atoms with E-state index in [0.29, 0.717) is 16.8 Å². The van der Waals surface area contributed by atoms with Crippen LogP contribution < -0.4 is 5.32 Å². The minimum atomic E-state index is -0.696. The van der Waals surface area contributed by atoms with Gasteiger partial charge in [0.1, 0.15) is 11.4 Å². The average molecular weight is 410 g/mol. The Morgan fingerprint density at radius 1 is 1.20 bits per heavy atom. The molecule has 30 heavy (non-hydrogen) atoms. The standard InChI is InChI=1S/C24H27FN2O3/c1-14-12-21-19(10-11-30-21)22(26-14)18-9-4-15(13-20(18)25)23(28)27-17-7-5-16(6-8-17)24(2,3)29/h4,9-13,16-17,29H,5-8H2,1-3H3,(H,27,28). The minimum Gasteiger partial charge on any atom is -0.464 e. The van der Waals surface area contributed by atoms with Gasteiger partial charge in [-0.1, -0.05) is 0 Å². The second kappa shape index (κ2) is 7.84. The molecule has 3 aromatic rings. The van der Waals surface area contributed by atoms with Gasteiger partial charge in [-0.25, -0.2) is 4.39 Å². The summed E-state index contributed by atoms with van der Waals surface area (Å²) in [4.78, 5) is 17.1. The first-order chi connectivity index (χ1) is 14.2. The lowest BCUT2D eigenvalue weighted by molar-refractivity contribution is -0.00257. The van der Waals surface area contributed by atoms with Crippen LogP contribution in [0.15, 0.2) is 41.0 Å². The molecule has 0 unspecified atom stereocenters. The molecule has 1 fully saturated rings. The van der Waals surface area contributed by atoms with Gasteiger partial charge in [-0.15, -0.1) is 0 Å². The maximum absolute atomic E-state index is 14.9. The Labute approximate surface area is 175 Å². The number of benzene rings is 1. The number of hydrogen-bond acceptors (Lipinski definition) is 4. The topological polar surface area (TPSA) is 75.4 Å². The van der Waals surface area contributed by atoms with Crippen molar-refractivity contribution in [3.05, 3.63) is 53.7 Å². The molecule has 0 saturated heterocycles. The molecule has 4 rings (SSSR count). The monoisotopic (exact) mass is 410 g/mol. The summed E-state index contributed by atoms with van der Waals surface area (Å²) < 4.78 is 20.4. The van der Waals surface area contributed by atoms with Crippen molar-refractivity contribution in [1.82, 2.24) is 10.3 Å². The predicted octanol–water partition coefficient (Wildman–Crippen LogP) is 5.00. The maximum Gasteiger partial charge on any atom is 0.251 e. The zero-order valence-electron chi connectivity index (χ0n) is 17.5. The number of carbonyl (C=O) groups excluding carboxylic acids is 1. The van der Waals surface area contributed by atoms with Crippen molar-refractivity contribution in [2.24, 2.45) is 5.92 Å². The number of aromatic nitrogens is 1. The summed E-state index contributed by atoms with van der Waals surface area (Å²) in [5.74, 6) is -0.532. The highest BCUT2D eigenvalue weighted by molar-refractivity contribution is 5.96. The van der Waals surface area contributed by atoms with Gasteiger partial charge >= 0.3 is 0 Å². The quantitative estimate of drug-likeness (QED) is 0.635. The van der Waals surface area contributed by atoms with E-state index in [4.69, 9.17) is 4.42 Å². The highest BCUT2D eigenvalue weighted by atomic mass is 19.1. The van der Waals surface area contributed by atoms with Crippen LogP contribution in [0.3, 0.4) is 0 Å². The van der Waals surface area contributed by atoms with Gasteiger partial charge in [0, 0.05) is 34.3 Å². The van der Waals surface area contributed by atoms with E-state index < -0.39 is 11.4 Å². The maximum atomic E-state index is 14.9. The number of nitrogens with zero attached hydrogens (tertiary/aromatic N) is 1. The van der Waals surface area contributed by atoms with E-state index in [9.17, 15) is 14.3 Å². The van der Waals surface area contributed by atoms with Gasteiger partial charge < -0.3 is 14.8 Å². The van der Waals surface area contributed by atoms with Crippen LogP contribution in [-0.4, -0.2) is 27.6 Å². The third kappa shape index (κ3) is 4.10. The molecule has 1 aliphatic carbocycles. The Bertz CT molecular complexity index is 1080. The van der Waals surface area contributed by atoms with Gasteiger partial charge in [-0.3, -0.25) is 9.78 Å². The van der Waals surface area contributed by atoms with Gasteiger partial charge in [0.2, 0.25) is 0 Å². The first kappa shape index (κ1) is 20.5. The smallest absolute Gasteiger partial charge is 0.251 e. The molecule has 0 spiro atoms. The van der Waals surface area contributed by atoms with Crippen LogP contribution in [0.4, 0.5) is 4.39 Å². The van der Waals surface area contributed by atoms with Crippen LogP contribution in [0, 0.1) is 18.7 Å². The summed E-state index contributed by atoms with van der Waals surface area (Å²) in [5.41, 5.74) is 1.83. The number of aryl methyl sites for hydroxylation is 1. The molecular weight excluding hydrogens is 383 g/mol. The van der Waals surface area contributed by atoms with Gasteiger partial charge in [-0.2, -0.15) is 0 Å². The molecule has 2 N–H and O–H groups in total. The van der Waals surface area contributed by atoms with Crippen molar-refractivity contribution in [2.45, 2.75) is 58.1 Å². The predicted molar refractivity (Wildman–Crippen MR) is 114 cm³/mol. The first-order valence-corrected chi connectivity index (χ1v) is 10.4. The Kier molecular flexibility index (Phi) is 5.36. The zero-order chi connectivity index (χ0) is 21.5. The Balaban J connectivity index is 1.50. The van der Waals surface area contributed by atoms with Crippen LogP contribution in [-0.2, 0) is 0 Å². The minimum absolute atomic E-state index is 0.0443. The zero-order valence-corrected chi connectivity index (χ0v) is 17.5. The van der Waals surface area contributed by atoms with Crippen LogP contribution in [0.25, 0.3) is 22.2 Å². The Hall–Kier alpha value is -2.73. The molecule has 1 aromatic carbocycles. The molecule has 2 heterocycles. The number of furan rings is 1.